The topological polar surface area (TPSA) is 41.1 Å². The predicted molar refractivity (Wildman–Crippen MR) is 70.5 cm³/mol. The first kappa shape index (κ1) is 14.1. The van der Waals surface area contributed by atoms with E-state index in [0.717, 1.165) is 32.4 Å². The number of unbranched alkanes of at least 4 members (excludes halogenated alkanes) is 2. The first-order valence-electron chi connectivity index (χ1n) is 6.67. The largest absolute Gasteiger partial charge is 0.356 e. The van der Waals surface area contributed by atoms with Gasteiger partial charge in [0.2, 0.25) is 5.91 Å². The Morgan fingerprint density at radius 1 is 1.18 bits per heavy atom. The van der Waals surface area contributed by atoms with Crippen LogP contribution in [0.15, 0.2) is 0 Å². The molecule has 1 rings (SSSR count). The van der Waals surface area contributed by atoms with E-state index in [1.807, 2.05) is 0 Å². The molecule has 3 nitrogen and oxygen atoms in total. The molecule has 2 N–H and O–H groups in total. The average Bonchev–Trinajstić information content (AvgIpc) is 2.80. The second kappa shape index (κ2) is 8.14. The monoisotopic (exact) mass is 236 g/mol. The van der Waals surface area contributed by atoms with Crippen molar-refractivity contribution in [2.45, 2.75) is 52.0 Å². The van der Waals surface area contributed by atoms with Crippen LogP contribution in [0.5, 0.6) is 0 Å². The van der Waals surface area contributed by atoms with E-state index in [4.69, 9.17) is 0 Å². The summed E-state index contributed by atoms with van der Waals surface area (Å²) in [6.07, 6.45) is 4.90. The van der Waals surface area contributed by atoms with Crippen LogP contribution in [0, 0.1) is 17.8 Å². The summed E-state index contributed by atoms with van der Waals surface area (Å²) in [5.74, 6) is 6.19. The van der Waals surface area contributed by atoms with Crippen molar-refractivity contribution < 1.29 is 4.79 Å². The van der Waals surface area contributed by atoms with Gasteiger partial charge in [0.05, 0.1) is 5.92 Å². The SMILES string of the molecule is CC(C)NCCCCCNC(=O)C1CC#CC1. The lowest BCUT2D eigenvalue weighted by Crippen LogP contribution is -2.30. The van der Waals surface area contributed by atoms with Gasteiger partial charge < -0.3 is 10.6 Å². The summed E-state index contributed by atoms with van der Waals surface area (Å²) in [6.45, 7) is 6.19. The minimum absolute atomic E-state index is 0.0950. The molecule has 0 saturated heterocycles. The maximum atomic E-state index is 11.6. The zero-order chi connectivity index (χ0) is 12.5. The van der Waals surface area contributed by atoms with E-state index in [1.165, 1.54) is 12.8 Å². The number of hydrogen-bond donors (Lipinski definition) is 2. The maximum absolute atomic E-state index is 11.6. The molecule has 0 aromatic heterocycles. The van der Waals surface area contributed by atoms with Crippen LogP contribution in [-0.4, -0.2) is 25.0 Å². The van der Waals surface area contributed by atoms with E-state index in [2.05, 4.69) is 36.3 Å². The molecule has 0 fully saturated rings. The Hall–Kier alpha value is -1.01. The molecule has 3 heteroatoms. The highest BCUT2D eigenvalue weighted by atomic mass is 16.1. The highest BCUT2D eigenvalue weighted by Crippen LogP contribution is 2.12. The van der Waals surface area contributed by atoms with Gasteiger partial charge in [-0.05, 0) is 19.4 Å². The predicted octanol–water partition coefficient (Wildman–Crippen LogP) is 1.68. The summed E-state index contributed by atoms with van der Waals surface area (Å²) >= 11 is 0. The molecule has 0 spiro atoms. The van der Waals surface area contributed by atoms with Gasteiger partial charge in [-0.3, -0.25) is 4.79 Å². The van der Waals surface area contributed by atoms with Gasteiger partial charge in [-0.25, -0.2) is 0 Å². The van der Waals surface area contributed by atoms with E-state index in [9.17, 15) is 4.79 Å². The first-order valence-corrected chi connectivity index (χ1v) is 6.67. The normalized spacial score (nSPS) is 14.8. The molecule has 0 saturated carbocycles. The van der Waals surface area contributed by atoms with Gasteiger partial charge in [-0.1, -0.05) is 20.3 Å². The zero-order valence-electron chi connectivity index (χ0n) is 11.0. The number of carbonyl (C=O) groups excluding carboxylic acids is 1. The highest BCUT2D eigenvalue weighted by Gasteiger charge is 2.18. The summed E-state index contributed by atoms with van der Waals surface area (Å²) < 4.78 is 0. The summed E-state index contributed by atoms with van der Waals surface area (Å²) in [5.41, 5.74) is 0. The first-order chi connectivity index (χ1) is 8.20. The summed E-state index contributed by atoms with van der Waals surface area (Å²) in [6, 6.07) is 0.567. The van der Waals surface area contributed by atoms with Crippen LogP contribution in [0.1, 0.15) is 46.0 Å². The Morgan fingerprint density at radius 2 is 1.82 bits per heavy atom. The molecule has 17 heavy (non-hydrogen) atoms. The van der Waals surface area contributed by atoms with Crippen LogP contribution in [0.4, 0.5) is 0 Å². The molecule has 0 aromatic carbocycles. The molecular weight excluding hydrogens is 212 g/mol. The van der Waals surface area contributed by atoms with E-state index >= 15 is 0 Å². The molecular formula is C14H24N2O. The van der Waals surface area contributed by atoms with Crippen molar-refractivity contribution in [3.05, 3.63) is 0 Å². The number of rotatable bonds is 8. The van der Waals surface area contributed by atoms with Crippen molar-refractivity contribution in [1.82, 2.24) is 10.6 Å². The van der Waals surface area contributed by atoms with E-state index in [0.29, 0.717) is 6.04 Å². The molecule has 0 aromatic rings. The molecule has 96 valence electrons. The van der Waals surface area contributed by atoms with Crippen molar-refractivity contribution in [3.8, 4) is 11.8 Å². The fourth-order valence-electron chi connectivity index (χ4n) is 1.82. The van der Waals surface area contributed by atoms with Gasteiger partial charge in [0.15, 0.2) is 0 Å². The quantitative estimate of drug-likeness (QED) is 0.497. The Balaban J connectivity index is 1.88. The molecule has 1 aliphatic rings. The van der Waals surface area contributed by atoms with Crippen LogP contribution in [-0.2, 0) is 4.79 Å². The minimum atomic E-state index is 0.0950. The standard InChI is InChI=1S/C14H24N2O/c1-12(2)15-10-6-3-7-11-16-14(17)13-8-4-5-9-13/h12-13,15H,3,6-11H2,1-2H3,(H,16,17). The van der Waals surface area contributed by atoms with Crippen LogP contribution in [0.3, 0.4) is 0 Å². The number of carbonyl (C=O) groups is 1. The molecule has 0 heterocycles. The van der Waals surface area contributed by atoms with E-state index in [-0.39, 0.29) is 11.8 Å². The maximum Gasteiger partial charge on any atom is 0.225 e. The molecule has 1 amide bonds. The van der Waals surface area contributed by atoms with Crippen LogP contribution < -0.4 is 10.6 Å². The van der Waals surface area contributed by atoms with Gasteiger partial charge in [-0.15, -0.1) is 11.8 Å². The molecule has 0 bridgehead atoms. The summed E-state index contributed by atoms with van der Waals surface area (Å²) in [4.78, 5) is 11.6. The van der Waals surface area contributed by atoms with Crippen LogP contribution >= 0.6 is 0 Å². The van der Waals surface area contributed by atoms with Gasteiger partial charge in [0.25, 0.3) is 0 Å². The lowest BCUT2D eigenvalue weighted by molar-refractivity contribution is -0.124. The number of nitrogens with one attached hydrogen (secondary N) is 2. The van der Waals surface area contributed by atoms with Crippen molar-refractivity contribution in [2.75, 3.05) is 13.1 Å². The fraction of sp³-hybridized carbons (Fsp3) is 0.786. The van der Waals surface area contributed by atoms with Crippen LogP contribution in [0.2, 0.25) is 0 Å². The second-order valence-corrected chi connectivity index (χ2v) is 4.92. The van der Waals surface area contributed by atoms with Gasteiger partial charge in [-0.2, -0.15) is 0 Å². The van der Waals surface area contributed by atoms with Crippen molar-refractivity contribution >= 4 is 5.91 Å². The Bertz CT molecular complexity index is 278. The Labute approximate surface area is 105 Å². The van der Waals surface area contributed by atoms with Crippen molar-refractivity contribution in [2.24, 2.45) is 5.92 Å². The fourth-order valence-corrected chi connectivity index (χ4v) is 1.82. The van der Waals surface area contributed by atoms with Crippen molar-refractivity contribution in [3.63, 3.8) is 0 Å². The molecule has 0 radical (unpaired) electrons. The Kier molecular flexibility index (Phi) is 6.73. The molecule has 0 unspecified atom stereocenters. The smallest absolute Gasteiger partial charge is 0.225 e. The van der Waals surface area contributed by atoms with Gasteiger partial charge in [0, 0.05) is 25.4 Å². The van der Waals surface area contributed by atoms with Gasteiger partial charge >= 0.3 is 0 Å². The zero-order valence-corrected chi connectivity index (χ0v) is 11.0. The third-order valence-electron chi connectivity index (χ3n) is 2.90. The second-order valence-electron chi connectivity index (χ2n) is 4.92. The number of hydrogen-bond acceptors (Lipinski definition) is 2. The third kappa shape index (κ3) is 6.33. The number of amides is 1. The van der Waals surface area contributed by atoms with Crippen LogP contribution in [0.25, 0.3) is 0 Å². The lowest BCUT2D eigenvalue weighted by Gasteiger charge is -2.10. The third-order valence-corrected chi connectivity index (χ3v) is 2.90. The Morgan fingerprint density at radius 3 is 2.47 bits per heavy atom. The lowest BCUT2D eigenvalue weighted by atomic mass is 10.1. The van der Waals surface area contributed by atoms with E-state index in [1.54, 1.807) is 0 Å². The molecule has 1 aliphatic carbocycles. The molecule has 0 atom stereocenters. The summed E-state index contributed by atoms with van der Waals surface area (Å²) in [7, 11) is 0. The molecule has 0 aliphatic heterocycles. The van der Waals surface area contributed by atoms with E-state index < -0.39 is 0 Å². The highest BCUT2D eigenvalue weighted by molar-refractivity contribution is 5.79. The van der Waals surface area contributed by atoms with Crippen molar-refractivity contribution in [1.29, 1.82) is 0 Å². The summed E-state index contributed by atoms with van der Waals surface area (Å²) in [5, 5.41) is 6.37. The van der Waals surface area contributed by atoms with Gasteiger partial charge in [0.1, 0.15) is 0 Å². The minimum Gasteiger partial charge on any atom is -0.356 e. The average molecular weight is 236 g/mol.